The lowest BCUT2D eigenvalue weighted by Crippen LogP contribution is -2.73. The second-order valence-corrected chi connectivity index (χ2v) is 8.03. The van der Waals surface area contributed by atoms with Gasteiger partial charge in [-0.2, -0.15) is 0 Å². The van der Waals surface area contributed by atoms with E-state index in [-0.39, 0.29) is 43.0 Å². The zero-order valence-corrected chi connectivity index (χ0v) is 15.0. The van der Waals surface area contributed by atoms with E-state index in [0.717, 1.165) is 22.9 Å². The van der Waals surface area contributed by atoms with Gasteiger partial charge in [-0.05, 0) is 36.5 Å². The molecule has 3 fully saturated rings. The van der Waals surface area contributed by atoms with Gasteiger partial charge in [-0.3, -0.25) is 9.59 Å². The predicted octanol–water partition coefficient (Wildman–Crippen LogP) is 1.75. The van der Waals surface area contributed by atoms with Crippen LogP contribution in [0.15, 0.2) is 28.7 Å². The van der Waals surface area contributed by atoms with Crippen LogP contribution in [0.3, 0.4) is 0 Å². The van der Waals surface area contributed by atoms with E-state index < -0.39 is 0 Å². The van der Waals surface area contributed by atoms with Gasteiger partial charge in [0.2, 0.25) is 11.8 Å². The van der Waals surface area contributed by atoms with Gasteiger partial charge in [0.15, 0.2) is 0 Å². The smallest absolute Gasteiger partial charge is 0.242 e. The van der Waals surface area contributed by atoms with Gasteiger partial charge in [0, 0.05) is 23.4 Å². The van der Waals surface area contributed by atoms with Gasteiger partial charge in [0.05, 0.1) is 25.2 Å². The fourth-order valence-corrected chi connectivity index (χ4v) is 4.34. The summed E-state index contributed by atoms with van der Waals surface area (Å²) in [5, 5.41) is 9.75. The first-order valence-electron chi connectivity index (χ1n) is 8.53. The molecule has 1 aliphatic carbocycles. The van der Waals surface area contributed by atoms with Crippen molar-refractivity contribution in [1.82, 2.24) is 9.80 Å². The Hall–Kier alpha value is -1.40. The fraction of sp³-hybridized carbons (Fsp3) is 0.556. The highest BCUT2D eigenvalue weighted by molar-refractivity contribution is 9.10. The molecule has 24 heavy (non-hydrogen) atoms. The van der Waals surface area contributed by atoms with Crippen molar-refractivity contribution in [3.63, 3.8) is 0 Å². The molecule has 1 aromatic carbocycles. The number of nitrogens with zero attached hydrogens (tertiary/aromatic N) is 2. The van der Waals surface area contributed by atoms with E-state index in [0.29, 0.717) is 18.9 Å². The van der Waals surface area contributed by atoms with Crippen molar-refractivity contribution < 1.29 is 14.7 Å². The molecule has 5 nitrogen and oxygen atoms in total. The van der Waals surface area contributed by atoms with Crippen LogP contribution in [0.2, 0.25) is 0 Å². The summed E-state index contributed by atoms with van der Waals surface area (Å²) in [5.41, 5.74) is 1.11. The largest absolute Gasteiger partial charge is 0.394 e. The van der Waals surface area contributed by atoms with E-state index in [1.165, 1.54) is 0 Å². The third-order valence-electron chi connectivity index (χ3n) is 5.52. The third-order valence-corrected chi connectivity index (χ3v) is 6.05. The molecule has 0 unspecified atom stereocenters. The first-order chi connectivity index (χ1) is 11.6. The monoisotopic (exact) mass is 392 g/mol. The lowest BCUT2D eigenvalue weighted by atomic mass is 9.73. The number of carbonyl (C=O) groups excluding carboxylic acids is 2. The minimum absolute atomic E-state index is 0.0206. The van der Waals surface area contributed by atoms with Crippen LogP contribution >= 0.6 is 15.9 Å². The Morgan fingerprint density at radius 1 is 1.25 bits per heavy atom. The van der Waals surface area contributed by atoms with E-state index >= 15 is 0 Å². The molecule has 2 saturated heterocycles. The van der Waals surface area contributed by atoms with Crippen molar-refractivity contribution in [1.29, 1.82) is 0 Å². The van der Waals surface area contributed by atoms with E-state index in [4.69, 9.17) is 0 Å². The van der Waals surface area contributed by atoms with Crippen molar-refractivity contribution in [3.8, 4) is 0 Å². The normalized spacial score (nSPS) is 29.2. The summed E-state index contributed by atoms with van der Waals surface area (Å²) in [6, 6.07) is 7.83. The van der Waals surface area contributed by atoms with E-state index in [2.05, 4.69) is 15.9 Å². The summed E-state index contributed by atoms with van der Waals surface area (Å²) in [6.45, 7) is 0.694. The lowest BCUT2D eigenvalue weighted by Gasteiger charge is -2.58. The highest BCUT2D eigenvalue weighted by Crippen LogP contribution is 2.43. The molecular formula is C18H21BrN2O3. The minimum atomic E-state index is -0.177. The van der Waals surface area contributed by atoms with E-state index in [9.17, 15) is 14.7 Å². The molecule has 1 saturated carbocycles. The third kappa shape index (κ3) is 2.75. The molecule has 2 aliphatic heterocycles. The summed E-state index contributed by atoms with van der Waals surface area (Å²) in [6.07, 6.45) is 2.85. The lowest BCUT2D eigenvalue weighted by molar-refractivity contribution is -0.167. The first kappa shape index (κ1) is 16.1. The second-order valence-electron chi connectivity index (χ2n) is 7.12. The van der Waals surface area contributed by atoms with Crippen molar-refractivity contribution >= 4 is 27.7 Å². The van der Waals surface area contributed by atoms with E-state index in [1.807, 2.05) is 24.3 Å². The van der Waals surface area contributed by atoms with Gasteiger partial charge < -0.3 is 14.9 Å². The molecule has 0 spiro atoms. The van der Waals surface area contributed by atoms with Crippen molar-refractivity contribution in [2.75, 3.05) is 19.7 Å². The number of benzene rings is 1. The van der Waals surface area contributed by atoms with Crippen LogP contribution in [-0.2, 0) is 9.59 Å². The molecule has 128 valence electrons. The Morgan fingerprint density at radius 2 is 1.96 bits per heavy atom. The molecule has 6 heteroatoms. The number of amides is 2. The van der Waals surface area contributed by atoms with Crippen LogP contribution < -0.4 is 0 Å². The Kier molecular flexibility index (Phi) is 4.12. The quantitative estimate of drug-likeness (QED) is 0.848. The standard InChI is InChI=1S/C18H21BrN2O3/c19-13-5-3-12(4-6-13)18-14-8-20(16(23)7-11-1-2-11)9-17(24)21(14)15(18)10-22/h3-6,11,14-15,18,22H,1-2,7-10H2/t14-,15+,18-/m0/s1. The maximum Gasteiger partial charge on any atom is 0.242 e. The number of carbonyl (C=O) groups is 2. The molecule has 4 rings (SSSR count). The van der Waals surface area contributed by atoms with Crippen LogP contribution in [-0.4, -0.2) is 58.5 Å². The van der Waals surface area contributed by atoms with Gasteiger partial charge in [-0.15, -0.1) is 0 Å². The summed E-state index contributed by atoms with van der Waals surface area (Å²) in [5.74, 6) is 0.679. The Bertz CT molecular complexity index is 659. The molecule has 0 radical (unpaired) electrons. The predicted molar refractivity (Wildman–Crippen MR) is 92.3 cm³/mol. The van der Waals surface area contributed by atoms with Crippen molar-refractivity contribution in [3.05, 3.63) is 34.3 Å². The molecular weight excluding hydrogens is 372 g/mol. The van der Waals surface area contributed by atoms with Crippen LogP contribution in [0.4, 0.5) is 0 Å². The number of piperazine rings is 1. The Morgan fingerprint density at radius 3 is 2.58 bits per heavy atom. The number of aliphatic hydroxyl groups excluding tert-OH is 1. The van der Waals surface area contributed by atoms with Crippen molar-refractivity contribution in [2.24, 2.45) is 5.92 Å². The molecule has 0 bridgehead atoms. The Labute approximate surface area is 149 Å². The molecule has 2 amide bonds. The van der Waals surface area contributed by atoms with Gasteiger partial charge in [0.25, 0.3) is 0 Å². The summed E-state index contributed by atoms with van der Waals surface area (Å²) < 4.78 is 1.00. The molecule has 1 N–H and O–H groups in total. The van der Waals surface area contributed by atoms with Crippen LogP contribution in [0.5, 0.6) is 0 Å². The zero-order chi connectivity index (χ0) is 16.8. The SMILES string of the molecule is O=C(CC1CC1)N1CC(=O)N2[C@H](CO)[C@@H](c3ccc(Br)cc3)[C@@H]2C1. The van der Waals surface area contributed by atoms with Gasteiger partial charge >= 0.3 is 0 Å². The minimum Gasteiger partial charge on any atom is -0.394 e. The molecule has 0 aromatic heterocycles. The average molecular weight is 393 g/mol. The first-order valence-corrected chi connectivity index (χ1v) is 9.33. The summed E-state index contributed by atoms with van der Waals surface area (Å²) in [7, 11) is 0. The van der Waals surface area contributed by atoms with Gasteiger partial charge in [-0.1, -0.05) is 28.1 Å². The van der Waals surface area contributed by atoms with Crippen molar-refractivity contribution in [2.45, 2.75) is 37.3 Å². The zero-order valence-electron chi connectivity index (χ0n) is 13.4. The highest BCUT2D eigenvalue weighted by Gasteiger charge is 2.54. The number of fused-ring (bicyclic) bond motifs is 1. The maximum absolute atomic E-state index is 12.5. The van der Waals surface area contributed by atoms with Crippen LogP contribution in [0.1, 0.15) is 30.7 Å². The molecule has 3 atom stereocenters. The Balaban J connectivity index is 1.54. The number of hydrogen-bond acceptors (Lipinski definition) is 3. The number of rotatable bonds is 4. The summed E-state index contributed by atoms with van der Waals surface area (Å²) in [4.78, 5) is 28.4. The topological polar surface area (TPSA) is 60.9 Å². The van der Waals surface area contributed by atoms with Gasteiger partial charge in [0.1, 0.15) is 0 Å². The number of aliphatic hydroxyl groups is 1. The number of halogens is 1. The van der Waals surface area contributed by atoms with Gasteiger partial charge in [-0.25, -0.2) is 0 Å². The van der Waals surface area contributed by atoms with E-state index in [1.54, 1.807) is 9.80 Å². The molecule has 3 aliphatic rings. The molecule has 2 heterocycles. The number of hydrogen-bond donors (Lipinski definition) is 1. The average Bonchev–Trinajstić information content (AvgIpc) is 3.35. The van der Waals surface area contributed by atoms with Crippen LogP contribution in [0.25, 0.3) is 0 Å². The maximum atomic E-state index is 12.5. The molecule has 1 aromatic rings. The fourth-order valence-electron chi connectivity index (χ4n) is 4.07. The van der Waals surface area contributed by atoms with Crippen LogP contribution in [0, 0.1) is 5.92 Å². The summed E-state index contributed by atoms with van der Waals surface area (Å²) >= 11 is 3.44. The second kappa shape index (κ2) is 6.15. The highest BCUT2D eigenvalue weighted by atomic mass is 79.9.